The molecule has 4 rings (SSSR count). The lowest BCUT2D eigenvalue weighted by Crippen LogP contribution is -2.52. The van der Waals surface area contributed by atoms with E-state index in [2.05, 4.69) is 10.6 Å². The van der Waals surface area contributed by atoms with Gasteiger partial charge >= 0.3 is 11.4 Å². The first-order valence-corrected chi connectivity index (χ1v) is 11.5. The lowest BCUT2D eigenvalue weighted by Gasteiger charge is -2.29. The van der Waals surface area contributed by atoms with Gasteiger partial charge in [-0.15, -0.1) is 0 Å². The quantitative estimate of drug-likeness (QED) is 0.341. The molecule has 4 amide bonds. The first-order chi connectivity index (χ1) is 16.8. The molecule has 190 valence electrons. The lowest BCUT2D eigenvalue weighted by atomic mass is 10.0. The van der Waals surface area contributed by atoms with Crippen molar-refractivity contribution in [1.29, 1.82) is 0 Å². The number of alkyl halides is 5. The Morgan fingerprint density at radius 1 is 1.06 bits per heavy atom. The van der Waals surface area contributed by atoms with E-state index in [0.29, 0.717) is 16.7 Å². The minimum Gasteiger partial charge on any atom is -0.346 e. The molecule has 2 aromatic rings. The average Bonchev–Trinajstić information content (AvgIpc) is 3.12. The van der Waals surface area contributed by atoms with Crippen molar-refractivity contribution < 1.29 is 41.1 Å². The fourth-order valence-corrected chi connectivity index (χ4v) is 4.57. The summed E-state index contributed by atoms with van der Waals surface area (Å²) in [7, 11) is 0. The fourth-order valence-electron chi connectivity index (χ4n) is 4.03. The standard InChI is InChI=1S/C23H18F5N3O4S/c24-22(25,14-2-4-15(5-3-14)36-23(26,27)28)21(35)29-10-12-1-6-16-13(9-12)11-31(20(16)34)17-7-8-18(32)30-19(17)33/h1-6,9,17H,7-8,10-11H2,(H,29,35)(H,30,32,33). The van der Waals surface area contributed by atoms with Crippen LogP contribution in [-0.2, 0) is 33.4 Å². The van der Waals surface area contributed by atoms with Gasteiger partial charge in [0.2, 0.25) is 11.8 Å². The van der Waals surface area contributed by atoms with Crippen molar-refractivity contribution in [2.75, 3.05) is 0 Å². The molecule has 1 unspecified atom stereocenters. The van der Waals surface area contributed by atoms with Gasteiger partial charge in [-0.05, 0) is 47.5 Å². The third-order valence-corrected chi connectivity index (χ3v) is 6.52. The van der Waals surface area contributed by atoms with E-state index in [0.717, 1.165) is 24.3 Å². The Bertz CT molecular complexity index is 1230. The number of nitrogens with one attached hydrogen (secondary N) is 2. The Morgan fingerprint density at radius 3 is 2.39 bits per heavy atom. The molecule has 0 bridgehead atoms. The lowest BCUT2D eigenvalue weighted by molar-refractivity contribution is -0.147. The summed E-state index contributed by atoms with van der Waals surface area (Å²) >= 11 is -0.455. The Kier molecular flexibility index (Phi) is 6.78. The van der Waals surface area contributed by atoms with Crippen LogP contribution in [-0.4, -0.2) is 40.1 Å². The zero-order valence-electron chi connectivity index (χ0n) is 18.3. The van der Waals surface area contributed by atoms with Crippen LogP contribution in [0, 0.1) is 0 Å². The highest BCUT2D eigenvalue weighted by atomic mass is 32.2. The van der Waals surface area contributed by atoms with Crippen LogP contribution < -0.4 is 10.6 Å². The minimum atomic E-state index is -4.57. The first kappa shape index (κ1) is 25.6. The van der Waals surface area contributed by atoms with Crippen LogP contribution in [0.3, 0.4) is 0 Å². The maximum atomic E-state index is 14.6. The number of carbonyl (C=O) groups excluding carboxylic acids is 4. The Hall–Kier alpha value is -3.48. The van der Waals surface area contributed by atoms with Gasteiger partial charge in [0.05, 0.1) is 0 Å². The highest BCUT2D eigenvalue weighted by Gasteiger charge is 2.41. The average molecular weight is 527 g/mol. The Balaban J connectivity index is 1.39. The maximum absolute atomic E-state index is 14.6. The van der Waals surface area contributed by atoms with Gasteiger partial charge in [0.15, 0.2) is 0 Å². The zero-order valence-corrected chi connectivity index (χ0v) is 19.1. The number of hydrogen-bond donors (Lipinski definition) is 2. The van der Waals surface area contributed by atoms with Crippen LogP contribution in [0.1, 0.15) is 39.9 Å². The summed E-state index contributed by atoms with van der Waals surface area (Å²) in [5.41, 5.74) is -4.03. The Morgan fingerprint density at radius 2 is 1.75 bits per heavy atom. The first-order valence-electron chi connectivity index (χ1n) is 10.6. The molecule has 36 heavy (non-hydrogen) atoms. The highest BCUT2D eigenvalue weighted by molar-refractivity contribution is 8.00. The number of benzene rings is 2. The van der Waals surface area contributed by atoms with E-state index in [-0.39, 0.29) is 30.8 Å². The molecule has 1 fully saturated rings. The number of thioether (sulfide) groups is 1. The summed E-state index contributed by atoms with van der Waals surface area (Å²) < 4.78 is 66.4. The summed E-state index contributed by atoms with van der Waals surface area (Å²) in [6, 6.07) is 6.95. The Labute approximate surface area is 205 Å². The third-order valence-electron chi connectivity index (χ3n) is 5.78. The molecule has 13 heteroatoms. The van der Waals surface area contributed by atoms with Crippen LogP contribution in [0.2, 0.25) is 0 Å². The van der Waals surface area contributed by atoms with Gasteiger partial charge in [-0.3, -0.25) is 24.5 Å². The number of halogens is 5. The monoisotopic (exact) mass is 527 g/mol. The van der Waals surface area contributed by atoms with Crippen LogP contribution in [0.25, 0.3) is 0 Å². The number of imide groups is 1. The number of fused-ring (bicyclic) bond motifs is 1. The molecule has 0 aromatic heterocycles. The predicted molar refractivity (Wildman–Crippen MR) is 117 cm³/mol. The van der Waals surface area contributed by atoms with Crippen molar-refractivity contribution in [3.05, 3.63) is 64.7 Å². The fraction of sp³-hybridized carbons (Fsp3) is 0.304. The number of rotatable bonds is 6. The molecule has 2 aliphatic heterocycles. The predicted octanol–water partition coefficient (Wildman–Crippen LogP) is 3.47. The zero-order chi connectivity index (χ0) is 26.3. The van der Waals surface area contributed by atoms with Crippen molar-refractivity contribution in [1.82, 2.24) is 15.5 Å². The molecular formula is C23H18F5N3O4S. The molecule has 0 spiro atoms. The van der Waals surface area contributed by atoms with Crippen molar-refractivity contribution >= 4 is 35.4 Å². The number of carbonyl (C=O) groups is 4. The molecule has 0 saturated carbocycles. The minimum absolute atomic E-state index is 0.0840. The largest absolute Gasteiger partial charge is 0.446 e. The van der Waals surface area contributed by atoms with E-state index in [9.17, 15) is 41.1 Å². The van der Waals surface area contributed by atoms with E-state index < -0.39 is 58.4 Å². The molecule has 2 heterocycles. The van der Waals surface area contributed by atoms with E-state index >= 15 is 0 Å². The second-order valence-corrected chi connectivity index (χ2v) is 9.36. The number of amides is 4. The van der Waals surface area contributed by atoms with Crippen molar-refractivity contribution in [2.45, 2.75) is 48.3 Å². The summed E-state index contributed by atoms with van der Waals surface area (Å²) in [6.07, 6.45) is 0.296. The number of piperidine rings is 1. The molecule has 2 N–H and O–H groups in total. The van der Waals surface area contributed by atoms with Crippen molar-refractivity contribution in [2.24, 2.45) is 0 Å². The van der Waals surface area contributed by atoms with Gasteiger partial charge in [-0.1, -0.05) is 24.3 Å². The molecule has 1 saturated heterocycles. The summed E-state index contributed by atoms with van der Waals surface area (Å²) in [6.45, 7) is -0.211. The van der Waals surface area contributed by atoms with Gasteiger partial charge in [-0.2, -0.15) is 22.0 Å². The van der Waals surface area contributed by atoms with Gasteiger partial charge in [0.25, 0.3) is 11.8 Å². The molecule has 2 aromatic carbocycles. The maximum Gasteiger partial charge on any atom is 0.446 e. The third kappa shape index (κ3) is 5.35. The second-order valence-electron chi connectivity index (χ2n) is 8.22. The van der Waals surface area contributed by atoms with Crippen molar-refractivity contribution in [3.63, 3.8) is 0 Å². The summed E-state index contributed by atoms with van der Waals surface area (Å²) in [4.78, 5) is 49.4. The molecular weight excluding hydrogens is 509 g/mol. The highest BCUT2D eigenvalue weighted by Crippen LogP contribution is 2.38. The van der Waals surface area contributed by atoms with E-state index in [4.69, 9.17) is 0 Å². The van der Waals surface area contributed by atoms with Crippen LogP contribution in [0.5, 0.6) is 0 Å². The molecule has 1 atom stereocenters. The summed E-state index contributed by atoms with van der Waals surface area (Å²) in [5, 5.41) is 4.30. The van der Waals surface area contributed by atoms with E-state index in [1.54, 1.807) is 6.07 Å². The van der Waals surface area contributed by atoms with Crippen LogP contribution in [0.15, 0.2) is 47.4 Å². The van der Waals surface area contributed by atoms with Crippen molar-refractivity contribution in [3.8, 4) is 0 Å². The van der Waals surface area contributed by atoms with Crippen LogP contribution >= 0.6 is 11.8 Å². The van der Waals surface area contributed by atoms with Gasteiger partial charge in [0, 0.05) is 35.5 Å². The second kappa shape index (κ2) is 9.52. The number of hydrogen-bond acceptors (Lipinski definition) is 5. The van der Waals surface area contributed by atoms with Gasteiger partial charge in [0.1, 0.15) is 6.04 Å². The molecule has 2 aliphatic rings. The normalized spacial score (nSPS) is 18.2. The summed E-state index contributed by atoms with van der Waals surface area (Å²) in [5.74, 6) is -7.00. The van der Waals surface area contributed by atoms with E-state index in [1.165, 1.54) is 17.0 Å². The molecule has 0 radical (unpaired) electrons. The topological polar surface area (TPSA) is 95.6 Å². The smallest absolute Gasteiger partial charge is 0.346 e. The number of nitrogens with zero attached hydrogens (tertiary/aromatic N) is 1. The van der Waals surface area contributed by atoms with Crippen LogP contribution in [0.4, 0.5) is 22.0 Å². The molecule has 0 aliphatic carbocycles. The SMILES string of the molecule is O=C1CCC(N2Cc3cc(CNC(=O)C(F)(F)c4ccc(SC(F)(F)F)cc4)ccc3C2=O)C(=O)N1. The van der Waals surface area contributed by atoms with E-state index in [1.807, 2.05) is 0 Å². The van der Waals surface area contributed by atoms with Gasteiger partial charge < -0.3 is 10.2 Å². The van der Waals surface area contributed by atoms with Gasteiger partial charge in [-0.25, -0.2) is 0 Å². The molecule has 7 nitrogen and oxygen atoms in total.